The molecule has 2 atom stereocenters. The lowest BCUT2D eigenvalue weighted by Crippen LogP contribution is -2.30. The Bertz CT molecular complexity index is 806. The van der Waals surface area contributed by atoms with Gasteiger partial charge in [-0.05, 0) is 35.6 Å². The highest BCUT2D eigenvalue weighted by atomic mass is 16.5. The third-order valence-corrected chi connectivity index (χ3v) is 5.18. The first-order valence-corrected chi connectivity index (χ1v) is 9.42. The Morgan fingerprint density at radius 1 is 1.07 bits per heavy atom. The van der Waals surface area contributed by atoms with Crippen LogP contribution in [-0.2, 0) is 15.0 Å². The van der Waals surface area contributed by atoms with Gasteiger partial charge in [0.25, 0.3) is 0 Å². The van der Waals surface area contributed by atoms with E-state index in [0.717, 1.165) is 5.56 Å². The summed E-state index contributed by atoms with van der Waals surface area (Å²) in [6, 6.07) is 17.4. The molecule has 0 spiro atoms. The van der Waals surface area contributed by atoms with Crippen LogP contribution in [0.25, 0.3) is 0 Å². The summed E-state index contributed by atoms with van der Waals surface area (Å²) in [5.41, 5.74) is 2.30. The standard InChI is InChI=1S/C23H27NO3/c1-16(17-8-6-5-7-9-17)24-15-18(14-21(24)25)22(26)27-20-12-10-19(11-13-20)23(2,3)4/h5-13,16,18H,14-15H2,1-4H3/t16-,18-/m0/s1. The number of rotatable bonds is 4. The van der Waals surface area contributed by atoms with E-state index in [1.54, 1.807) is 4.90 Å². The van der Waals surface area contributed by atoms with Gasteiger partial charge in [0, 0.05) is 13.0 Å². The molecule has 27 heavy (non-hydrogen) atoms. The zero-order valence-electron chi connectivity index (χ0n) is 16.4. The van der Waals surface area contributed by atoms with Gasteiger partial charge in [0.1, 0.15) is 5.75 Å². The molecule has 0 aromatic heterocycles. The monoisotopic (exact) mass is 365 g/mol. The van der Waals surface area contributed by atoms with Gasteiger partial charge in [0.2, 0.25) is 5.91 Å². The molecule has 1 heterocycles. The van der Waals surface area contributed by atoms with Gasteiger partial charge in [-0.25, -0.2) is 0 Å². The lowest BCUT2D eigenvalue weighted by atomic mass is 9.87. The fraction of sp³-hybridized carbons (Fsp3) is 0.391. The molecule has 0 radical (unpaired) electrons. The molecular formula is C23H27NO3. The van der Waals surface area contributed by atoms with Crippen LogP contribution in [0.5, 0.6) is 5.75 Å². The normalized spacial score (nSPS) is 18.4. The minimum Gasteiger partial charge on any atom is -0.426 e. The smallest absolute Gasteiger partial charge is 0.316 e. The molecule has 4 heteroatoms. The van der Waals surface area contributed by atoms with Crippen LogP contribution in [-0.4, -0.2) is 23.3 Å². The quantitative estimate of drug-likeness (QED) is 0.592. The molecule has 142 valence electrons. The summed E-state index contributed by atoms with van der Waals surface area (Å²) in [7, 11) is 0. The van der Waals surface area contributed by atoms with Crippen molar-refractivity contribution in [2.75, 3.05) is 6.54 Å². The Hall–Kier alpha value is -2.62. The molecule has 2 aromatic carbocycles. The van der Waals surface area contributed by atoms with E-state index in [1.165, 1.54) is 5.56 Å². The number of benzene rings is 2. The first-order chi connectivity index (χ1) is 12.8. The van der Waals surface area contributed by atoms with Crippen LogP contribution in [0.4, 0.5) is 0 Å². The van der Waals surface area contributed by atoms with Crippen LogP contribution in [0, 0.1) is 5.92 Å². The van der Waals surface area contributed by atoms with Crippen molar-refractivity contribution in [1.29, 1.82) is 0 Å². The summed E-state index contributed by atoms with van der Waals surface area (Å²) in [5.74, 6) is -0.244. The van der Waals surface area contributed by atoms with Crippen molar-refractivity contribution in [3.8, 4) is 5.75 Å². The molecule has 1 amide bonds. The number of hydrogen-bond acceptors (Lipinski definition) is 3. The first-order valence-electron chi connectivity index (χ1n) is 9.42. The second kappa shape index (κ2) is 7.55. The van der Waals surface area contributed by atoms with E-state index in [-0.39, 0.29) is 29.8 Å². The Balaban J connectivity index is 1.64. The van der Waals surface area contributed by atoms with Gasteiger partial charge in [-0.3, -0.25) is 9.59 Å². The Labute approximate surface area is 161 Å². The summed E-state index contributed by atoms with van der Waals surface area (Å²) in [6.45, 7) is 8.81. The van der Waals surface area contributed by atoms with E-state index in [0.29, 0.717) is 12.3 Å². The molecule has 0 saturated carbocycles. The third-order valence-electron chi connectivity index (χ3n) is 5.18. The average molecular weight is 365 g/mol. The van der Waals surface area contributed by atoms with Crippen LogP contribution < -0.4 is 4.74 Å². The fourth-order valence-corrected chi connectivity index (χ4v) is 3.40. The van der Waals surface area contributed by atoms with Crippen molar-refractivity contribution in [3.05, 3.63) is 65.7 Å². The van der Waals surface area contributed by atoms with E-state index in [1.807, 2.05) is 61.5 Å². The van der Waals surface area contributed by atoms with E-state index < -0.39 is 5.92 Å². The summed E-state index contributed by atoms with van der Waals surface area (Å²) in [4.78, 5) is 26.7. The first kappa shape index (κ1) is 19.2. The van der Waals surface area contributed by atoms with Crippen LogP contribution in [0.2, 0.25) is 0 Å². The van der Waals surface area contributed by atoms with Crippen molar-refractivity contribution >= 4 is 11.9 Å². The van der Waals surface area contributed by atoms with Gasteiger partial charge in [0.15, 0.2) is 0 Å². The predicted molar refractivity (Wildman–Crippen MR) is 105 cm³/mol. The molecule has 0 bridgehead atoms. The molecule has 1 saturated heterocycles. The molecule has 0 N–H and O–H groups in total. The molecule has 0 unspecified atom stereocenters. The molecule has 0 aliphatic carbocycles. The number of carbonyl (C=O) groups excluding carboxylic acids is 2. The zero-order valence-corrected chi connectivity index (χ0v) is 16.4. The summed E-state index contributed by atoms with van der Waals surface area (Å²) < 4.78 is 5.53. The maximum Gasteiger partial charge on any atom is 0.316 e. The average Bonchev–Trinajstić information content (AvgIpc) is 3.03. The minimum atomic E-state index is -0.425. The van der Waals surface area contributed by atoms with Crippen LogP contribution in [0.15, 0.2) is 54.6 Å². The number of hydrogen-bond donors (Lipinski definition) is 0. The van der Waals surface area contributed by atoms with Gasteiger partial charge in [-0.15, -0.1) is 0 Å². The molecule has 4 nitrogen and oxygen atoms in total. The summed E-state index contributed by atoms with van der Waals surface area (Å²) in [5, 5.41) is 0. The van der Waals surface area contributed by atoms with Crippen LogP contribution >= 0.6 is 0 Å². The highest BCUT2D eigenvalue weighted by Crippen LogP contribution is 2.30. The highest BCUT2D eigenvalue weighted by molar-refractivity contribution is 5.87. The van der Waals surface area contributed by atoms with Gasteiger partial charge < -0.3 is 9.64 Å². The number of likely N-dealkylation sites (tertiary alicyclic amines) is 1. The minimum absolute atomic E-state index is 0.00335. The summed E-state index contributed by atoms with van der Waals surface area (Å²) in [6.07, 6.45) is 0.204. The molecule has 3 rings (SSSR count). The summed E-state index contributed by atoms with van der Waals surface area (Å²) >= 11 is 0. The van der Waals surface area contributed by atoms with E-state index in [4.69, 9.17) is 4.74 Å². The predicted octanol–water partition coefficient (Wildman–Crippen LogP) is 4.50. The van der Waals surface area contributed by atoms with Gasteiger partial charge in [-0.2, -0.15) is 0 Å². The van der Waals surface area contributed by atoms with Crippen molar-refractivity contribution in [2.45, 2.75) is 45.6 Å². The number of nitrogens with zero attached hydrogens (tertiary/aromatic N) is 1. The van der Waals surface area contributed by atoms with Crippen molar-refractivity contribution in [1.82, 2.24) is 4.90 Å². The largest absolute Gasteiger partial charge is 0.426 e. The number of carbonyl (C=O) groups is 2. The SMILES string of the molecule is C[C@@H](c1ccccc1)N1C[C@@H](C(=O)Oc2ccc(C(C)(C)C)cc2)CC1=O. The van der Waals surface area contributed by atoms with Crippen molar-refractivity contribution in [2.24, 2.45) is 5.92 Å². The molecule has 1 aliphatic heterocycles. The van der Waals surface area contributed by atoms with Gasteiger partial charge in [0.05, 0.1) is 12.0 Å². The lowest BCUT2D eigenvalue weighted by molar-refractivity contribution is -0.139. The molecule has 2 aromatic rings. The third kappa shape index (κ3) is 4.38. The van der Waals surface area contributed by atoms with Crippen LogP contribution in [0.1, 0.15) is 51.3 Å². The Morgan fingerprint density at radius 2 is 1.70 bits per heavy atom. The number of ether oxygens (including phenoxy) is 1. The van der Waals surface area contributed by atoms with Gasteiger partial charge in [-0.1, -0.05) is 63.2 Å². The Kier molecular flexibility index (Phi) is 5.36. The number of esters is 1. The van der Waals surface area contributed by atoms with Crippen molar-refractivity contribution < 1.29 is 14.3 Å². The highest BCUT2D eigenvalue weighted by Gasteiger charge is 2.38. The van der Waals surface area contributed by atoms with Crippen LogP contribution in [0.3, 0.4) is 0 Å². The topological polar surface area (TPSA) is 46.6 Å². The van der Waals surface area contributed by atoms with Crippen molar-refractivity contribution in [3.63, 3.8) is 0 Å². The Morgan fingerprint density at radius 3 is 2.30 bits per heavy atom. The number of amides is 1. The molecular weight excluding hydrogens is 338 g/mol. The van der Waals surface area contributed by atoms with E-state index in [9.17, 15) is 9.59 Å². The second-order valence-electron chi connectivity index (χ2n) is 8.23. The lowest BCUT2D eigenvalue weighted by Gasteiger charge is -2.25. The molecule has 1 aliphatic rings. The van der Waals surface area contributed by atoms with Gasteiger partial charge >= 0.3 is 5.97 Å². The zero-order chi connectivity index (χ0) is 19.6. The molecule has 1 fully saturated rings. The maximum atomic E-state index is 12.5. The van der Waals surface area contributed by atoms with E-state index in [2.05, 4.69) is 20.8 Å². The second-order valence-corrected chi connectivity index (χ2v) is 8.23. The maximum absolute atomic E-state index is 12.5. The van der Waals surface area contributed by atoms with E-state index >= 15 is 0 Å². The fourth-order valence-electron chi connectivity index (χ4n) is 3.40.